The van der Waals surface area contributed by atoms with Crippen LogP contribution in [0, 0.1) is 0 Å². The molecule has 0 atom stereocenters. The van der Waals surface area contributed by atoms with Gasteiger partial charge in [0.05, 0.1) is 7.11 Å². The van der Waals surface area contributed by atoms with Crippen molar-refractivity contribution in [1.29, 1.82) is 0 Å². The standard InChI is InChI=1S/C9H8F3NO3/c1-15-8(14)7-5(13)3-2-4-6(7)16-9(10,11)12/h2-4H,13H2,1H3. The maximum atomic E-state index is 12.0. The lowest BCUT2D eigenvalue weighted by atomic mass is 10.1. The molecule has 0 unspecified atom stereocenters. The number of alkyl halides is 3. The number of ether oxygens (including phenoxy) is 2. The van der Waals surface area contributed by atoms with E-state index in [-0.39, 0.29) is 5.69 Å². The zero-order valence-corrected chi connectivity index (χ0v) is 8.17. The Balaban J connectivity index is 3.18. The zero-order valence-electron chi connectivity index (χ0n) is 8.17. The fourth-order valence-electron chi connectivity index (χ4n) is 1.08. The second-order valence-electron chi connectivity index (χ2n) is 2.76. The number of esters is 1. The van der Waals surface area contributed by atoms with Gasteiger partial charge in [-0.2, -0.15) is 0 Å². The SMILES string of the molecule is COC(=O)c1c(N)cccc1OC(F)(F)F. The molecule has 0 bridgehead atoms. The van der Waals surface area contributed by atoms with Crippen molar-refractivity contribution in [3.8, 4) is 5.75 Å². The summed E-state index contributed by atoms with van der Waals surface area (Å²) in [5.41, 5.74) is 4.78. The molecule has 0 aliphatic carbocycles. The Morgan fingerprint density at radius 3 is 2.50 bits per heavy atom. The highest BCUT2D eigenvalue weighted by Gasteiger charge is 2.33. The molecule has 0 aliphatic rings. The van der Waals surface area contributed by atoms with Crippen molar-refractivity contribution >= 4 is 11.7 Å². The summed E-state index contributed by atoms with van der Waals surface area (Å²) in [7, 11) is 1.03. The number of methoxy groups -OCH3 is 1. The predicted octanol–water partition coefficient (Wildman–Crippen LogP) is 1.95. The Hall–Kier alpha value is -1.92. The van der Waals surface area contributed by atoms with E-state index in [2.05, 4.69) is 9.47 Å². The molecule has 4 nitrogen and oxygen atoms in total. The molecule has 0 aromatic heterocycles. The molecule has 0 heterocycles. The smallest absolute Gasteiger partial charge is 0.465 e. The van der Waals surface area contributed by atoms with Crippen LogP contribution in [-0.2, 0) is 4.74 Å². The van der Waals surface area contributed by atoms with Gasteiger partial charge in [0.15, 0.2) is 0 Å². The van der Waals surface area contributed by atoms with Gasteiger partial charge in [-0.25, -0.2) is 4.79 Å². The number of rotatable bonds is 2. The lowest BCUT2D eigenvalue weighted by Crippen LogP contribution is -2.20. The first kappa shape index (κ1) is 12.2. The van der Waals surface area contributed by atoms with E-state index in [1.807, 2.05) is 0 Å². The molecule has 0 radical (unpaired) electrons. The van der Waals surface area contributed by atoms with Gasteiger partial charge in [-0.15, -0.1) is 13.2 Å². The molecular weight excluding hydrogens is 227 g/mol. The minimum Gasteiger partial charge on any atom is -0.465 e. The van der Waals surface area contributed by atoms with Gasteiger partial charge in [0.25, 0.3) is 0 Å². The molecule has 0 spiro atoms. The molecule has 1 aromatic rings. The van der Waals surface area contributed by atoms with E-state index in [9.17, 15) is 18.0 Å². The summed E-state index contributed by atoms with van der Waals surface area (Å²) >= 11 is 0. The highest BCUT2D eigenvalue weighted by Crippen LogP contribution is 2.30. The van der Waals surface area contributed by atoms with Gasteiger partial charge in [-0.3, -0.25) is 0 Å². The van der Waals surface area contributed by atoms with E-state index in [4.69, 9.17) is 5.73 Å². The molecule has 88 valence electrons. The first-order chi connectivity index (χ1) is 7.35. The third kappa shape index (κ3) is 2.78. The Labute approximate surface area is 88.8 Å². The maximum absolute atomic E-state index is 12.0. The second kappa shape index (κ2) is 4.30. The van der Waals surface area contributed by atoms with E-state index in [1.54, 1.807) is 0 Å². The average molecular weight is 235 g/mol. The maximum Gasteiger partial charge on any atom is 0.573 e. The van der Waals surface area contributed by atoms with Crippen LogP contribution >= 0.6 is 0 Å². The van der Waals surface area contributed by atoms with Crippen molar-refractivity contribution in [3.05, 3.63) is 23.8 Å². The number of nitrogen functional groups attached to an aromatic ring is 1. The van der Waals surface area contributed by atoms with Crippen LogP contribution in [-0.4, -0.2) is 19.4 Å². The molecule has 1 rings (SSSR count). The van der Waals surface area contributed by atoms with E-state index >= 15 is 0 Å². The molecular formula is C9H8F3NO3. The third-order valence-electron chi connectivity index (χ3n) is 1.67. The molecule has 0 saturated heterocycles. The number of hydrogen-bond donors (Lipinski definition) is 1. The van der Waals surface area contributed by atoms with Gasteiger partial charge in [-0.1, -0.05) is 6.07 Å². The molecule has 0 amide bonds. The Kier molecular flexibility index (Phi) is 3.26. The summed E-state index contributed by atoms with van der Waals surface area (Å²) in [4.78, 5) is 11.2. The summed E-state index contributed by atoms with van der Waals surface area (Å²) < 4.78 is 44.0. The number of anilines is 1. The van der Waals surface area contributed by atoms with Crippen LogP contribution in [0.2, 0.25) is 0 Å². The van der Waals surface area contributed by atoms with Gasteiger partial charge in [0.2, 0.25) is 0 Å². The third-order valence-corrected chi connectivity index (χ3v) is 1.67. The van der Waals surface area contributed by atoms with Gasteiger partial charge in [-0.05, 0) is 12.1 Å². The molecule has 16 heavy (non-hydrogen) atoms. The van der Waals surface area contributed by atoms with Crippen LogP contribution in [0.3, 0.4) is 0 Å². The molecule has 0 saturated carbocycles. The van der Waals surface area contributed by atoms with Crippen molar-refractivity contribution in [3.63, 3.8) is 0 Å². The van der Waals surface area contributed by atoms with Crippen LogP contribution < -0.4 is 10.5 Å². The van der Waals surface area contributed by atoms with Crippen LogP contribution in [0.25, 0.3) is 0 Å². The molecule has 7 heteroatoms. The van der Waals surface area contributed by atoms with E-state index < -0.39 is 23.6 Å². The lowest BCUT2D eigenvalue weighted by molar-refractivity contribution is -0.274. The normalized spacial score (nSPS) is 11.0. The van der Waals surface area contributed by atoms with Crippen molar-refractivity contribution in [2.75, 3.05) is 12.8 Å². The van der Waals surface area contributed by atoms with Crippen molar-refractivity contribution < 1.29 is 27.4 Å². The minimum atomic E-state index is -4.89. The molecule has 0 fully saturated rings. The van der Waals surface area contributed by atoms with Crippen LogP contribution in [0.5, 0.6) is 5.75 Å². The van der Waals surface area contributed by atoms with E-state index in [0.29, 0.717) is 0 Å². The molecule has 2 N–H and O–H groups in total. The fraction of sp³-hybridized carbons (Fsp3) is 0.222. The summed E-state index contributed by atoms with van der Waals surface area (Å²) in [5, 5.41) is 0. The Bertz CT molecular complexity index is 403. The number of benzene rings is 1. The first-order valence-electron chi connectivity index (χ1n) is 4.07. The summed E-state index contributed by atoms with van der Waals surface area (Å²) in [5.74, 6) is -1.67. The monoisotopic (exact) mass is 235 g/mol. The Morgan fingerprint density at radius 2 is 2.00 bits per heavy atom. The molecule has 0 aliphatic heterocycles. The predicted molar refractivity (Wildman–Crippen MR) is 48.9 cm³/mol. The minimum absolute atomic E-state index is 0.145. The van der Waals surface area contributed by atoms with Gasteiger partial charge in [0, 0.05) is 5.69 Å². The van der Waals surface area contributed by atoms with Gasteiger partial charge >= 0.3 is 12.3 Å². The summed E-state index contributed by atoms with van der Waals surface area (Å²) in [6.45, 7) is 0. The topological polar surface area (TPSA) is 61.5 Å². The highest BCUT2D eigenvalue weighted by atomic mass is 19.4. The van der Waals surface area contributed by atoms with Crippen LogP contribution in [0.4, 0.5) is 18.9 Å². The second-order valence-corrected chi connectivity index (χ2v) is 2.76. The van der Waals surface area contributed by atoms with Crippen LogP contribution in [0.1, 0.15) is 10.4 Å². The zero-order chi connectivity index (χ0) is 12.3. The number of carbonyl (C=O) groups is 1. The summed E-state index contributed by atoms with van der Waals surface area (Å²) in [6, 6.07) is 3.49. The van der Waals surface area contributed by atoms with Gasteiger partial charge < -0.3 is 15.2 Å². The average Bonchev–Trinajstić information content (AvgIpc) is 2.14. The quantitative estimate of drug-likeness (QED) is 0.628. The highest BCUT2D eigenvalue weighted by molar-refractivity contribution is 5.98. The van der Waals surface area contributed by atoms with E-state index in [1.165, 1.54) is 12.1 Å². The van der Waals surface area contributed by atoms with Crippen molar-refractivity contribution in [1.82, 2.24) is 0 Å². The number of halogens is 3. The first-order valence-corrected chi connectivity index (χ1v) is 4.07. The summed E-state index contributed by atoms with van der Waals surface area (Å²) in [6.07, 6.45) is -4.89. The van der Waals surface area contributed by atoms with Gasteiger partial charge in [0.1, 0.15) is 11.3 Å². The molecule has 1 aromatic carbocycles. The fourth-order valence-corrected chi connectivity index (χ4v) is 1.08. The Morgan fingerprint density at radius 1 is 1.38 bits per heavy atom. The number of nitrogens with two attached hydrogens (primary N) is 1. The van der Waals surface area contributed by atoms with Crippen molar-refractivity contribution in [2.24, 2.45) is 0 Å². The largest absolute Gasteiger partial charge is 0.573 e. The van der Waals surface area contributed by atoms with Crippen molar-refractivity contribution in [2.45, 2.75) is 6.36 Å². The van der Waals surface area contributed by atoms with E-state index in [0.717, 1.165) is 13.2 Å². The lowest BCUT2D eigenvalue weighted by Gasteiger charge is -2.13. The number of carbonyl (C=O) groups excluding carboxylic acids is 1. The van der Waals surface area contributed by atoms with Crippen LogP contribution in [0.15, 0.2) is 18.2 Å². The number of hydrogen-bond acceptors (Lipinski definition) is 4.